The lowest BCUT2D eigenvalue weighted by molar-refractivity contribution is -0.119. The number of rotatable bonds is 4. The summed E-state index contributed by atoms with van der Waals surface area (Å²) in [6, 6.07) is 5.76. The highest BCUT2D eigenvalue weighted by atomic mass is 19.1. The van der Waals surface area contributed by atoms with Crippen LogP contribution in [-0.4, -0.2) is 26.2 Å². The Morgan fingerprint density at radius 1 is 1.39 bits per heavy atom. The first-order valence-electron chi connectivity index (χ1n) is 10.4. The first-order chi connectivity index (χ1) is 14.3. The summed E-state index contributed by atoms with van der Waals surface area (Å²) in [7, 11) is 0. The molecule has 1 aliphatic carbocycles. The van der Waals surface area contributed by atoms with Gasteiger partial charge in [-0.1, -0.05) is 19.1 Å². The Bertz CT molecular complexity index is 1140. The average molecular weight is 425 g/mol. The largest absolute Gasteiger partial charge is 0.385 e. The van der Waals surface area contributed by atoms with E-state index in [9.17, 15) is 19.6 Å². The summed E-state index contributed by atoms with van der Waals surface area (Å²) in [6.07, 6.45) is 3.29. The lowest BCUT2D eigenvalue weighted by Crippen LogP contribution is -2.34. The van der Waals surface area contributed by atoms with Gasteiger partial charge in [0.2, 0.25) is 11.9 Å². The van der Waals surface area contributed by atoms with Crippen molar-refractivity contribution in [3.63, 3.8) is 0 Å². The summed E-state index contributed by atoms with van der Waals surface area (Å²) in [5, 5.41) is 23.0. The standard InChI is InChI=1S/C24H29FN4O2/c1-14-7-8-17(18(25)9-14)24(6,31)12-21(30)28-22-27-19-10-15(2)16(13-26)11-20(19)29(22)23(3,4)5/h7-8,10-11,14,31H,9,12H2,1-6H3,(H,27,28,30)/t14?,24-/m0/s1. The summed E-state index contributed by atoms with van der Waals surface area (Å²) >= 11 is 0. The molecule has 2 N–H and O–H groups in total. The highest BCUT2D eigenvalue weighted by molar-refractivity contribution is 5.93. The number of nitrogens with zero attached hydrogens (tertiary/aromatic N) is 3. The smallest absolute Gasteiger partial charge is 0.229 e. The molecule has 0 saturated heterocycles. The van der Waals surface area contributed by atoms with Gasteiger partial charge >= 0.3 is 0 Å². The molecule has 0 saturated carbocycles. The molecule has 1 heterocycles. The third kappa shape index (κ3) is 4.54. The molecule has 0 radical (unpaired) electrons. The van der Waals surface area contributed by atoms with Crippen molar-refractivity contribution in [2.45, 2.75) is 65.5 Å². The number of nitriles is 1. The molecule has 6 nitrogen and oxygen atoms in total. The number of hydrogen-bond donors (Lipinski definition) is 2. The molecule has 1 aromatic carbocycles. The molecule has 1 aliphatic rings. The maximum Gasteiger partial charge on any atom is 0.229 e. The van der Waals surface area contributed by atoms with Gasteiger partial charge in [-0.2, -0.15) is 5.26 Å². The van der Waals surface area contributed by atoms with E-state index in [0.717, 1.165) is 11.1 Å². The molecule has 1 amide bonds. The molecular formula is C24H29FN4O2. The predicted octanol–water partition coefficient (Wildman–Crippen LogP) is 4.87. The first kappa shape index (κ1) is 22.7. The lowest BCUT2D eigenvalue weighted by Gasteiger charge is -2.28. The summed E-state index contributed by atoms with van der Waals surface area (Å²) in [6.45, 7) is 11.1. The number of aromatic nitrogens is 2. The van der Waals surface area contributed by atoms with Crippen LogP contribution in [0.5, 0.6) is 0 Å². The summed E-state index contributed by atoms with van der Waals surface area (Å²) in [4.78, 5) is 17.4. The fourth-order valence-corrected chi connectivity index (χ4v) is 3.97. The van der Waals surface area contributed by atoms with E-state index in [-0.39, 0.29) is 24.3 Å². The number of carbonyl (C=O) groups is 1. The number of hydrogen-bond acceptors (Lipinski definition) is 4. The molecular weight excluding hydrogens is 395 g/mol. The molecule has 7 heteroatoms. The molecule has 2 aromatic rings. The van der Waals surface area contributed by atoms with Gasteiger partial charge in [0.1, 0.15) is 5.83 Å². The van der Waals surface area contributed by atoms with Crippen LogP contribution in [0.2, 0.25) is 0 Å². The van der Waals surface area contributed by atoms with Crippen molar-refractivity contribution in [3.05, 3.63) is 46.8 Å². The first-order valence-corrected chi connectivity index (χ1v) is 10.4. The van der Waals surface area contributed by atoms with Crippen LogP contribution in [0.25, 0.3) is 11.0 Å². The van der Waals surface area contributed by atoms with Crippen molar-refractivity contribution in [1.82, 2.24) is 9.55 Å². The van der Waals surface area contributed by atoms with Gasteiger partial charge < -0.3 is 9.67 Å². The number of allylic oxidation sites excluding steroid dienone is 2. The molecule has 1 unspecified atom stereocenters. The maximum atomic E-state index is 14.4. The number of fused-ring (bicyclic) bond motifs is 1. The zero-order valence-electron chi connectivity index (χ0n) is 18.9. The molecule has 0 bridgehead atoms. The Hall–Kier alpha value is -2.98. The quantitative estimate of drug-likeness (QED) is 0.732. The summed E-state index contributed by atoms with van der Waals surface area (Å²) in [5.41, 5.74) is 0.794. The van der Waals surface area contributed by atoms with Crippen LogP contribution in [0.15, 0.2) is 35.7 Å². The number of anilines is 1. The molecule has 0 aliphatic heterocycles. The van der Waals surface area contributed by atoms with E-state index in [0.29, 0.717) is 17.0 Å². The molecule has 0 fully saturated rings. The number of nitrogens with one attached hydrogen (secondary N) is 1. The van der Waals surface area contributed by atoms with Crippen molar-refractivity contribution in [2.75, 3.05) is 5.32 Å². The zero-order valence-corrected chi connectivity index (χ0v) is 18.9. The van der Waals surface area contributed by atoms with Crippen molar-refractivity contribution in [2.24, 2.45) is 5.92 Å². The van der Waals surface area contributed by atoms with Gasteiger partial charge in [-0.05, 0) is 58.2 Å². The second-order valence-electron chi connectivity index (χ2n) is 9.57. The zero-order chi connectivity index (χ0) is 23.1. The Labute approximate surface area is 182 Å². The minimum Gasteiger partial charge on any atom is -0.385 e. The van der Waals surface area contributed by atoms with E-state index in [4.69, 9.17) is 0 Å². The fourth-order valence-electron chi connectivity index (χ4n) is 3.97. The van der Waals surface area contributed by atoms with E-state index in [1.807, 2.05) is 51.3 Å². The highest BCUT2D eigenvalue weighted by Crippen LogP contribution is 2.34. The van der Waals surface area contributed by atoms with E-state index >= 15 is 0 Å². The van der Waals surface area contributed by atoms with Gasteiger partial charge in [0, 0.05) is 17.5 Å². The number of halogens is 1. The van der Waals surface area contributed by atoms with Crippen molar-refractivity contribution < 1.29 is 14.3 Å². The SMILES string of the molecule is Cc1cc2nc(NC(=O)C[C@](C)(O)C3=C(F)CC(C)C=C3)n(C(C)(C)C)c2cc1C#N. The lowest BCUT2D eigenvalue weighted by atomic mass is 9.85. The van der Waals surface area contributed by atoms with E-state index in [1.54, 1.807) is 12.1 Å². The van der Waals surface area contributed by atoms with Crippen molar-refractivity contribution >= 4 is 22.9 Å². The average Bonchev–Trinajstić information content (AvgIpc) is 2.96. The van der Waals surface area contributed by atoms with Gasteiger partial charge in [-0.3, -0.25) is 10.1 Å². The fraction of sp³-hybridized carbons (Fsp3) is 0.458. The van der Waals surface area contributed by atoms with Crippen molar-refractivity contribution in [3.8, 4) is 6.07 Å². The number of aryl methyl sites for hydroxylation is 1. The Balaban J connectivity index is 1.94. The number of benzene rings is 1. The molecule has 0 spiro atoms. The molecule has 2 atom stereocenters. The van der Waals surface area contributed by atoms with Crippen LogP contribution in [0.4, 0.5) is 10.3 Å². The van der Waals surface area contributed by atoms with Crippen LogP contribution in [0.1, 0.15) is 58.6 Å². The van der Waals surface area contributed by atoms with Crippen molar-refractivity contribution in [1.29, 1.82) is 5.26 Å². The Morgan fingerprint density at radius 2 is 2.06 bits per heavy atom. The molecule has 164 valence electrons. The van der Waals surface area contributed by atoms with Crippen LogP contribution < -0.4 is 5.32 Å². The summed E-state index contributed by atoms with van der Waals surface area (Å²) < 4.78 is 16.3. The minimum absolute atomic E-state index is 0.0572. The van der Waals surface area contributed by atoms with Crippen LogP contribution in [0, 0.1) is 24.2 Å². The number of aliphatic hydroxyl groups is 1. The van der Waals surface area contributed by atoms with Crippen LogP contribution in [-0.2, 0) is 10.3 Å². The highest BCUT2D eigenvalue weighted by Gasteiger charge is 2.33. The predicted molar refractivity (Wildman–Crippen MR) is 119 cm³/mol. The normalized spacial score (nSPS) is 18.7. The summed E-state index contributed by atoms with van der Waals surface area (Å²) in [5.74, 6) is -0.494. The third-order valence-corrected chi connectivity index (χ3v) is 5.51. The Morgan fingerprint density at radius 3 is 2.65 bits per heavy atom. The second-order valence-corrected chi connectivity index (χ2v) is 9.57. The molecule has 3 rings (SSSR count). The van der Waals surface area contributed by atoms with Gasteiger partial charge in [0.25, 0.3) is 0 Å². The number of imidazole rings is 1. The van der Waals surface area contributed by atoms with E-state index < -0.39 is 22.9 Å². The number of amides is 1. The Kier molecular flexibility index (Phi) is 5.81. The monoisotopic (exact) mass is 424 g/mol. The van der Waals surface area contributed by atoms with Crippen LogP contribution >= 0.6 is 0 Å². The number of carbonyl (C=O) groups excluding carboxylic acids is 1. The maximum absolute atomic E-state index is 14.4. The topological polar surface area (TPSA) is 90.9 Å². The van der Waals surface area contributed by atoms with Gasteiger partial charge in [0.05, 0.1) is 34.7 Å². The van der Waals surface area contributed by atoms with Crippen LogP contribution in [0.3, 0.4) is 0 Å². The van der Waals surface area contributed by atoms with Gasteiger partial charge in [-0.25, -0.2) is 9.37 Å². The third-order valence-electron chi connectivity index (χ3n) is 5.51. The van der Waals surface area contributed by atoms with Gasteiger partial charge in [-0.15, -0.1) is 0 Å². The van der Waals surface area contributed by atoms with E-state index in [1.165, 1.54) is 6.92 Å². The molecule has 1 aromatic heterocycles. The molecule has 31 heavy (non-hydrogen) atoms. The van der Waals surface area contributed by atoms with Gasteiger partial charge in [0.15, 0.2) is 0 Å². The second kappa shape index (κ2) is 7.93. The minimum atomic E-state index is -1.64. The van der Waals surface area contributed by atoms with E-state index in [2.05, 4.69) is 16.4 Å².